The van der Waals surface area contributed by atoms with Gasteiger partial charge in [0.05, 0.1) is 11.6 Å². The van der Waals surface area contributed by atoms with Crippen molar-refractivity contribution in [2.45, 2.75) is 20.4 Å². The number of hydrogen-bond acceptors (Lipinski definition) is 2. The van der Waals surface area contributed by atoms with E-state index >= 15 is 0 Å². The number of benzene rings is 2. The Morgan fingerprint density at radius 3 is 2.40 bits per heavy atom. The summed E-state index contributed by atoms with van der Waals surface area (Å²) in [5.41, 5.74) is 3.85. The molecule has 0 saturated carbocycles. The van der Waals surface area contributed by atoms with E-state index in [9.17, 15) is 4.39 Å². The maximum absolute atomic E-state index is 13.6. The lowest BCUT2D eigenvalue weighted by molar-refractivity contribution is 0.608. The Morgan fingerprint density at radius 2 is 1.85 bits per heavy atom. The number of hydrogen-bond donors (Lipinski definition) is 1. The molecule has 0 atom stereocenters. The molecule has 0 fully saturated rings. The van der Waals surface area contributed by atoms with Gasteiger partial charge in [0.1, 0.15) is 5.82 Å². The SMILES string of the molecule is Cc1cc(CNc2ccc(C#N)cc2Br)cc(C)c1F. The van der Waals surface area contributed by atoms with Crippen LogP contribution in [-0.2, 0) is 6.54 Å². The Bertz CT molecular complexity index is 666. The third-order valence-corrected chi connectivity index (χ3v) is 3.73. The van der Waals surface area contributed by atoms with Gasteiger partial charge in [0, 0.05) is 16.7 Å². The van der Waals surface area contributed by atoms with E-state index < -0.39 is 0 Å². The highest BCUT2D eigenvalue weighted by Gasteiger charge is 2.05. The Morgan fingerprint density at radius 1 is 1.20 bits per heavy atom. The molecule has 2 aromatic carbocycles. The molecule has 102 valence electrons. The van der Waals surface area contributed by atoms with Crippen LogP contribution in [0.25, 0.3) is 0 Å². The molecule has 0 bridgehead atoms. The molecule has 2 rings (SSSR count). The van der Waals surface area contributed by atoms with Gasteiger partial charge in [0.2, 0.25) is 0 Å². The number of nitriles is 1. The van der Waals surface area contributed by atoms with Crippen LogP contribution in [-0.4, -0.2) is 0 Å². The van der Waals surface area contributed by atoms with E-state index in [4.69, 9.17) is 5.26 Å². The monoisotopic (exact) mass is 332 g/mol. The molecule has 0 radical (unpaired) electrons. The Kier molecular flexibility index (Phi) is 4.41. The van der Waals surface area contributed by atoms with Gasteiger partial charge in [-0.2, -0.15) is 5.26 Å². The van der Waals surface area contributed by atoms with Crippen LogP contribution in [0.3, 0.4) is 0 Å². The number of nitrogens with one attached hydrogen (secondary N) is 1. The lowest BCUT2D eigenvalue weighted by atomic mass is 10.1. The number of anilines is 1. The van der Waals surface area contributed by atoms with Gasteiger partial charge in [-0.3, -0.25) is 0 Å². The largest absolute Gasteiger partial charge is 0.380 e. The van der Waals surface area contributed by atoms with Gasteiger partial charge in [-0.1, -0.05) is 12.1 Å². The summed E-state index contributed by atoms with van der Waals surface area (Å²) in [5, 5.41) is 12.1. The summed E-state index contributed by atoms with van der Waals surface area (Å²) in [6, 6.07) is 11.1. The van der Waals surface area contributed by atoms with E-state index in [-0.39, 0.29) is 5.82 Å². The normalized spacial score (nSPS) is 10.2. The minimum atomic E-state index is -0.145. The zero-order valence-corrected chi connectivity index (χ0v) is 12.9. The van der Waals surface area contributed by atoms with E-state index in [0.717, 1.165) is 15.7 Å². The lowest BCUT2D eigenvalue weighted by Gasteiger charge is -2.11. The van der Waals surface area contributed by atoms with E-state index in [1.54, 1.807) is 26.0 Å². The highest BCUT2D eigenvalue weighted by Crippen LogP contribution is 2.24. The molecule has 20 heavy (non-hydrogen) atoms. The van der Waals surface area contributed by atoms with Crippen molar-refractivity contribution in [3.05, 3.63) is 62.9 Å². The van der Waals surface area contributed by atoms with Crippen LogP contribution in [0.4, 0.5) is 10.1 Å². The Hall–Kier alpha value is -1.86. The smallest absolute Gasteiger partial charge is 0.129 e. The van der Waals surface area contributed by atoms with E-state index in [2.05, 4.69) is 27.3 Å². The summed E-state index contributed by atoms with van der Waals surface area (Å²) >= 11 is 3.43. The van der Waals surface area contributed by atoms with E-state index in [1.165, 1.54) is 0 Å². The van der Waals surface area contributed by atoms with Gasteiger partial charge in [-0.25, -0.2) is 4.39 Å². The molecule has 0 saturated heterocycles. The number of aryl methyl sites for hydroxylation is 2. The third-order valence-electron chi connectivity index (χ3n) is 3.08. The van der Waals surface area contributed by atoms with Crippen LogP contribution in [0.15, 0.2) is 34.8 Å². The predicted octanol–water partition coefficient (Wildman–Crippen LogP) is 4.69. The van der Waals surface area contributed by atoms with Crippen LogP contribution >= 0.6 is 15.9 Å². The average Bonchev–Trinajstić information content (AvgIpc) is 2.43. The first kappa shape index (κ1) is 14.5. The average molecular weight is 333 g/mol. The molecular formula is C16H14BrFN2. The van der Waals surface area contributed by atoms with Crippen molar-refractivity contribution >= 4 is 21.6 Å². The van der Waals surface area contributed by atoms with Gasteiger partial charge in [-0.15, -0.1) is 0 Å². The standard InChI is InChI=1S/C16H14BrFN2/c1-10-5-13(6-11(2)16(10)18)9-20-15-4-3-12(8-19)7-14(15)17/h3-7,20H,9H2,1-2H3. The summed E-state index contributed by atoms with van der Waals surface area (Å²) in [5.74, 6) is -0.145. The molecular weight excluding hydrogens is 319 g/mol. The van der Waals surface area contributed by atoms with Crippen molar-refractivity contribution in [2.75, 3.05) is 5.32 Å². The van der Waals surface area contributed by atoms with Crippen LogP contribution < -0.4 is 5.32 Å². The first-order valence-electron chi connectivity index (χ1n) is 6.20. The van der Waals surface area contributed by atoms with Crippen molar-refractivity contribution in [3.63, 3.8) is 0 Å². The molecule has 0 amide bonds. The molecule has 0 aromatic heterocycles. The molecule has 0 unspecified atom stereocenters. The number of rotatable bonds is 3. The predicted molar refractivity (Wildman–Crippen MR) is 82.1 cm³/mol. The molecule has 0 aliphatic carbocycles. The van der Waals surface area contributed by atoms with E-state index in [1.807, 2.05) is 18.2 Å². The first-order chi connectivity index (χ1) is 9.51. The van der Waals surface area contributed by atoms with Gasteiger partial charge in [0.25, 0.3) is 0 Å². The van der Waals surface area contributed by atoms with Gasteiger partial charge >= 0.3 is 0 Å². The molecule has 2 nitrogen and oxygen atoms in total. The second-order valence-electron chi connectivity index (χ2n) is 4.70. The second-order valence-corrected chi connectivity index (χ2v) is 5.56. The van der Waals surface area contributed by atoms with Crippen molar-refractivity contribution < 1.29 is 4.39 Å². The maximum Gasteiger partial charge on any atom is 0.129 e. The molecule has 0 spiro atoms. The third kappa shape index (κ3) is 3.17. The quantitative estimate of drug-likeness (QED) is 0.885. The Balaban J connectivity index is 2.15. The summed E-state index contributed by atoms with van der Waals surface area (Å²) in [6.45, 7) is 4.14. The minimum absolute atomic E-state index is 0.145. The fourth-order valence-corrected chi connectivity index (χ4v) is 2.58. The van der Waals surface area contributed by atoms with Gasteiger partial charge < -0.3 is 5.32 Å². The summed E-state index contributed by atoms with van der Waals surface area (Å²) < 4.78 is 14.4. The number of nitrogens with zero attached hydrogens (tertiary/aromatic N) is 1. The van der Waals surface area contributed by atoms with Gasteiger partial charge in [-0.05, 0) is 64.7 Å². The zero-order chi connectivity index (χ0) is 14.7. The van der Waals surface area contributed by atoms with Crippen LogP contribution in [0.5, 0.6) is 0 Å². The van der Waals surface area contributed by atoms with Crippen LogP contribution in [0, 0.1) is 31.0 Å². The summed E-state index contributed by atoms with van der Waals surface area (Å²) in [6.07, 6.45) is 0. The summed E-state index contributed by atoms with van der Waals surface area (Å²) in [7, 11) is 0. The molecule has 1 N–H and O–H groups in total. The maximum atomic E-state index is 13.6. The fraction of sp³-hybridized carbons (Fsp3) is 0.188. The highest BCUT2D eigenvalue weighted by molar-refractivity contribution is 9.10. The minimum Gasteiger partial charge on any atom is -0.380 e. The molecule has 0 aliphatic rings. The molecule has 2 aromatic rings. The van der Waals surface area contributed by atoms with E-state index in [0.29, 0.717) is 23.2 Å². The van der Waals surface area contributed by atoms with Crippen molar-refractivity contribution in [2.24, 2.45) is 0 Å². The topological polar surface area (TPSA) is 35.8 Å². The summed E-state index contributed by atoms with van der Waals surface area (Å²) in [4.78, 5) is 0. The van der Waals surface area contributed by atoms with Crippen molar-refractivity contribution in [1.82, 2.24) is 0 Å². The highest BCUT2D eigenvalue weighted by atomic mass is 79.9. The molecule has 0 heterocycles. The van der Waals surface area contributed by atoms with Gasteiger partial charge in [0.15, 0.2) is 0 Å². The van der Waals surface area contributed by atoms with Crippen LogP contribution in [0.2, 0.25) is 0 Å². The Labute approximate surface area is 126 Å². The van der Waals surface area contributed by atoms with Crippen molar-refractivity contribution in [1.29, 1.82) is 5.26 Å². The lowest BCUT2D eigenvalue weighted by Crippen LogP contribution is -2.02. The first-order valence-corrected chi connectivity index (χ1v) is 6.99. The molecule has 0 aliphatic heterocycles. The van der Waals surface area contributed by atoms with Crippen LogP contribution in [0.1, 0.15) is 22.3 Å². The molecule has 4 heteroatoms. The fourth-order valence-electron chi connectivity index (χ4n) is 2.06. The second kappa shape index (κ2) is 6.06. The zero-order valence-electron chi connectivity index (χ0n) is 11.3. The number of halogens is 2. The van der Waals surface area contributed by atoms with Crippen molar-refractivity contribution in [3.8, 4) is 6.07 Å².